The molecule has 0 aliphatic rings. The van der Waals surface area contributed by atoms with Gasteiger partial charge in [0.05, 0.1) is 6.21 Å². The average Bonchev–Trinajstić information content (AvgIpc) is 2.87. The van der Waals surface area contributed by atoms with Gasteiger partial charge in [0.25, 0.3) is 0 Å². The van der Waals surface area contributed by atoms with Crippen LogP contribution in [0.1, 0.15) is 11.5 Å². The lowest BCUT2D eigenvalue weighted by atomic mass is 10.4. The van der Waals surface area contributed by atoms with Gasteiger partial charge >= 0.3 is 0 Å². The van der Waals surface area contributed by atoms with Crippen molar-refractivity contribution in [2.24, 2.45) is 15.9 Å². The Balaban J connectivity index is 2.11. The molecule has 0 saturated carbocycles. The Bertz CT molecular complexity index is 572. The van der Waals surface area contributed by atoms with Gasteiger partial charge < -0.3 is 15.9 Å². The summed E-state index contributed by atoms with van der Waals surface area (Å²) < 4.78 is 10.4. The summed E-state index contributed by atoms with van der Waals surface area (Å²) in [6.45, 7) is 0. The van der Waals surface area contributed by atoms with Gasteiger partial charge in [-0.15, -0.1) is 5.10 Å². The van der Waals surface area contributed by atoms with Gasteiger partial charge in [0.2, 0.25) is 0 Å². The van der Waals surface area contributed by atoms with Crippen LogP contribution in [0.2, 0.25) is 0 Å². The van der Waals surface area contributed by atoms with Crippen molar-refractivity contribution in [1.29, 1.82) is 0 Å². The summed E-state index contributed by atoms with van der Waals surface area (Å²) in [5.41, 5.74) is 11.2. The molecule has 0 bridgehead atoms. The molecule has 0 aromatic carbocycles. The molecule has 4 N–H and O–H groups in total. The summed E-state index contributed by atoms with van der Waals surface area (Å²) in [5.74, 6) is 0.646. The van der Waals surface area contributed by atoms with Crippen LogP contribution in [0.15, 0.2) is 31.4 Å². The summed E-state index contributed by atoms with van der Waals surface area (Å²) in [6.07, 6.45) is 1.42. The van der Waals surface area contributed by atoms with E-state index in [1.54, 1.807) is 12.1 Å². The number of halogens is 1. The number of furan rings is 1. The van der Waals surface area contributed by atoms with Gasteiger partial charge in [-0.2, -0.15) is 5.10 Å². The summed E-state index contributed by atoms with van der Waals surface area (Å²) >= 11 is 2.04. The van der Waals surface area contributed by atoms with E-state index in [9.17, 15) is 0 Å². The Kier molecular flexibility index (Phi) is 3.37. The zero-order valence-electron chi connectivity index (χ0n) is 8.37. The monoisotopic (exact) mass is 346 g/mol. The Hall–Kier alpha value is -1.91. The number of amidine groups is 1. The molecule has 0 amide bonds. The Labute approximate surface area is 109 Å². The molecule has 2 heterocycles. The first-order valence-corrected chi connectivity index (χ1v) is 5.45. The van der Waals surface area contributed by atoms with Crippen LogP contribution < -0.4 is 11.5 Å². The number of hydrogen-bond acceptors (Lipinski definition) is 7. The smallest absolute Gasteiger partial charge is 0.199 e. The van der Waals surface area contributed by atoms with Crippen LogP contribution in [0.5, 0.6) is 0 Å². The first-order chi connectivity index (χ1) is 8.16. The van der Waals surface area contributed by atoms with Crippen molar-refractivity contribution in [3.8, 4) is 0 Å². The van der Waals surface area contributed by atoms with Gasteiger partial charge in [0.1, 0.15) is 5.76 Å². The molecule has 0 unspecified atom stereocenters. The molecule has 9 heteroatoms. The predicted molar refractivity (Wildman–Crippen MR) is 68.5 cm³/mol. The molecule has 0 radical (unpaired) electrons. The fourth-order valence-electron chi connectivity index (χ4n) is 0.966. The molecule has 17 heavy (non-hydrogen) atoms. The lowest BCUT2D eigenvalue weighted by molar-refractivity contribution is 0.308. The van der Waals surface area contributed by atoms with Crippen LogP contribution in [0, 0.1) is 3.77 Å². The first kappa shape index (κ1) is 11.6. The molecule has 2 aromatic heterocycles. The SMILES string of the molecule is N/C(=N\N=C\c1ccc(I)o1)c1nonc1N. The lowest BCUT2D eigenvalue weighted by Crippen LogP contribution is -2.15. The summed E-state index contributed by atoms with van der Waals surface area (Å²) in [5, 5.41) is 14.3. The minimum Gasteiger partial charge on any atom is -0.449 e. The van der Waals surface area contributed by atoms with Crippen LogP contribution in [0.4, 0.5) is 5.82 Å². The van der Waals surface area contributed by atoms with Gasteiger partial charge in [-0.3, -0.25) is 0 Å². The van der Waals surface area contributed by atoms with Gasteiger partial charge in [0, 0.05) is 0 Å². The normalized spacial score (nSPS) is 12.4. The van der Waals surface area contributed by atoms with Crippen molar-refractivity contribution >= 4 is 40.5 Å². The fourth-order valence-corrected chi connectivity index (χ4v) is 1.40. The molecule has 2 rings (SSSR count). The van der Waals surface area contributed by atoms with Gasteiger partial charge in [-0.25, -0.2) is 4.63 Å². The predicted octanol–water partition coefficient (Wildman–Crippen LogP) is 0.589. The average molecular weight is 346 g/mol. The van der Waals surface area contributed by atoms with Gasteiger partial charge in [-0.05, 0) is 45.0 Å². The number of nitrogens with zero attached hydrogens (tertiary/aromatic N) is 4. The number of anilines is 1. The highest BCUT2D eigenvalue weighted by Gasteiger charge is 2.09. The lowest BCUT2D eigenvalue weighted by Gasteiger charge is -1.90. The van der Waals surface area contributed by atoms with E-state index in [0.29, 0.717) is 5.76 Å². The van der Waals surface area contributed by atoms with Crippen molar-refractivity contribution in [2.45, 2.75) is 0 Å². The summed E-state index contributed by atoms with van der Waals surface area (Å²) in [6, 6.07) is 3.55. The van der Waals surface area contributed by atoms with Crippen molar-refractivity contribution in [3.63, 3.8) is 0 Å². The van der Waals surface area contributed by atoms with Crippen LogP contribution >= 0.6 is 22.6 Å². The highest BCUT2D eigenvalue weighted by molar-refractivity contribution is 14.1. The largest absolute Gasteiger partial charge is 0.449 e. The third-order valence-corrected chi connectivity index (χ3v) is 2.28. The van der Waals surface area contributed by atoms with Crippen LogP contribution in [-0.4, -0.2) is 22.4 Å². The van der Waals surface area contributed by atoms with Gasteiger partial charge in [0.15, 0.2) is 21.1 Å². The Morgan fingerprint density at radius 2 is 2.24 bits per heavy atom. The van der Waals surface area contributed by atoms with E-state index >= 15 is 0 Å². The van der Waals surface area contributed by atoms with Crippen LogP contribution in [0.3, 0.4) is 0 Å². The standard InChI is InChI=1S/C8H7IN6O2/c9-5-2-1-4(16-5)3-12-13-7(10)6-8(11)15-17-14-6/h1-3H,(H2,10,13)(H2,11,15)/b12-3+. The molecule has 8 nitrogen and oxygen atoms in total. The van der Waals surface area contributed by atoms with Crippen LogP contribution in [0.25, 0.3) is 0 Å². The van der Waals surface area contributed by atoms with E-state index in [1.165, 1.54) is 6.21 Å². The fraction of sp³-hybridized carbons (Fsp3) is 0. The molecule has 0 aliphatic heterocycles. The van der Waals surface area contributed by atoms with E-state index < -0.39 is 0 Å². The van der Waals surface area contributed by atoms with E-state index in [-0.39, 0.29) is 17.3 Å². The summed E-state index contributed by atoms with van der Waals surface area (Å²) in [7, 11) is 0. The molecule has 0 atom stereocenters. The van der Waals surface area contributed by atoms with Crippen molar-refractivity contribution < 1.29 is 9.05 Å². The quantitative estimate of drug-likeness (QED) is 0.362. The van der Waals surface area contributed by atoms with Crippen molar-refractivity contribution in [3.05, 3.63) is 27.4 Å². The number of aromatic nitrogens is 2. The third kappa shape index (κ3) is 2.81. The molecular weight excluding hydrogens is 339 g/mol. The molecule has 88 valence electrons. The second-order valence-corrected chi connectivity index (χ2v) is 3.93. The molecule has 0 spiro atoms. The van der Waals surface area contributed by atoms with Crippen molar-refractivity contribution in [1.82, 2.24) is 10.3 Å². The molecule has 0 fully saturated rings. The molecule has 0 aliphatic carbocycles. The molecule has 2 aromatic rings. The minimum absolute atomic E-state index is 0.0150. The molecular formula is C8H7IN6O2. The topological polar surface area (TPSA) is 129 Å². The number of rotatable bonds is 3. The maximum atomic E-state index is 5.57. The highest BCUT2D eigenvalue weighted by Crippen LogP contribution is 2.08. The second-order valence-electron chi connectivity index (χ2n) is 2.87. The van der Waals surface area contributed by atoms with E-state index in [1.807, 2.05) is 22.6 Å². The highest BCUT2D eigenvalue weighted by atomic mass is 127. The van der Waals surface area contributed by atoms with Gasteiger partial charge in [-0.1, -0.05) is 0 Å². The Morgan fingerprint density at radius 3 is 2.82 bits per heavy atom. The zero-order chi connectivity index (χ0) is 12.3. The number of nitrogens with two attached hydrogens (primary N) is 2. The first-order valence-electron chi connectivity index (χ1n) is 4.37. The van der Waals surface area contributed by atoms with E-state index in [4.69, 9.17) is 15.9 Å². The maximum absolute atomic E-state index is 5.57. The van der Waals surface area contributed by atoms with E-state index in [0.717, 1.165) is 3.77 Å². The Morgan fingerprint density at radius 1 is 1.41 bits per heavy atom. The van der Waals surface area contributed by atoms with Crippen molar-refractivity contribution in [2.75, 3.05) is 5.73 Å². The van der Waals surface area contributed by atoms with E-state index in [2.05, 4.69) is 25.1 Å². The molecule has 0 saturated heterocycles. The maximum Gasteiger partial charge on any atom is 0.199 e. The zero-order valence-corrected chi connectivity index (χ0v) is 10.5. The second kappa shape index (κ2) is 4.95. The number of hydrogen-bond donors (Lipinski definition) is 2. The summed E-state index contributed by atoms with van der Waals surface area (Å²) in [4.78, 5) is 0. The third-order valence-electron chi connectivity index (χ3n) is 1.70. The minimum atomic E-state index is 0.0150. The van der Waals surface area contributed by atoms with Crippen LogP contribution in [-0.2, 0) is 0 Å². The number of nitrogen functional groups attached to an aromatic ring is 1.